The maximum atomic E-state index is 13.1. The van der Waals surface area contributed by atoms with E-state index in [9.17, 15) is 14.0 Å². The summed E-state index contributed by atoms with van der Waals surface area (Å²) in [6, 6.07) is 10.4. The molecule has 2 aromatic rings. The van der Waals surface area contributed by atoms with Gasteiger partial charge in [0.15, 0.2) is 18.1 Å². The molecule has 0 aromatic heterocycles. The van der Waals surface area contributed by atoms with Crippen molar-refractivity contribution in [1.82, 2.24) is 4.90 Å². The van der Waals surface area contributed by atoms with Crippen LogP contribution in [0.2, 0.25) is 0 Å². The predicted octanol–water partition coefficient (Wildman–Crippen LogP) is 2.53. The molecule has 0 spiro atoms. The van der Waals surface area contributed by atoms with Gasteiger partial charge in [0.25, 0.3) is 11.8 Å². The zero-order valence-electron chi connectivity index (χ0n) is 14.9. The van der Waals surface area contributed by atoms with E-state index in [0.717, 1.165) is 5.56 Å². The Morgan fingerprint density at radius 3 is 2.38 bits per heavy atom. The molecular weight excluding hydrogens is 339 g/mol. The van der Waals surface area contributed by atoms with Gasteiger partial charge in [-0.1, -0.05) is 12.1 Å². The highest BCUT2D eigenvalue weighted by Crippen LogP contribution is 2.29. The van der Waals surface area contributed by atoms with Crippen LogP contribution in [0.4, 0.5) is 4.39 Å². The minimum absolute atomic E-state index is 0.235. The van der Waals surface area contributed by atoms with Crippen LogP contribution in [0.1, 0.15) is 28.9 Å². The third-order valence-corrected chi connectivity index (χ3v) is 4.03. The van der Waals surface area contributed by atoms with Gasteiger partial charge in [0.1, 0.15) is 5.82 Å². The number of primary amides is 1. The fourth-order valence-corrected chi connectivity index (χ4v) is 2.41. The number of halogens is 1. The van der Waals surface area contributed by atoms with Gasteiger partial charge in [-0.25, -0.2) is 4.39 Å². The van der Waals surface area contributed by atoms with Crippen molar-refractivity contribution in [2.24, 2.45) is 5.73 Å². The average Bonchev–Trinajstić information content (AvgIpc) is 2.65. The third kappa shape index (κ3) is 4.50. The van der Waals surface area contributed by atoms with E-state index in [0.29, 0.717) is 17.1 Å². The van der Waals surface area contributed by atoms with Crippen LogP contribution in [0.3, 0.4) is 0 Å². The van der Waals surface area contributed by atoms with Gasteiger partial charge in [0.2, 0.25) is 0 Å². The van der Waals surface area contributed by atoms with Crippen molar-refractivity contribution in [3.05, 3.63) is 59.4 Å². The molecule has 0 heterocycles. The number of rotatable bonds is 7. The van der Waals surface area contributed by atoms with Gasteiger partial charge in [0.05, 0.1) is 13.2 Å². The number of carbonyl (C=O) groups is 2. The number of nitrogens with zero attached hydrogens (tertiary/aromatic N) is 1. The molecule has 0 aliphatic rings. The molecule has 2 amide bonds. The summed E-state index contributed by atoms with van der Waals surface area (Å²) in [5.41, 5.74) is 6.27. The fourth-order valence-electron chi connectivity index (χ4n) is 2.41. The summed E-state index contributed by atoms with van der Waals surface area (Å²) in [5.74, 6) is -0.537. The van der Waals surface area contributed by atoms with Gasteiger partial charge in [-0.15, -0.1) is 0 Å². The summed E-state index contributed by atoms with van der Waals surface area (Å²) in [4.78, 5) is 25.1. The summed E-state index contributed by atoms with van der Waals surface area (Å²) in [7, 11) is 3.10. The molecule has 0 bridgehead atoms. The van der Waals surface area contributed by atoms with Crippen molar-refractivity contribution in [2.75, 3.05) is 20.8 Å². The van der Waals surface area contributed by atoms with Crippen molar-refractivity contribution in [3.8, 4) is 11.5 Å². The molecule has 2 rings (SSSR count). The Bertz CT molecular complexity index is 793. The first-order valence-corrected chi connectivity index (χ1v) is 7.95. The number of methoxy groups -OCH3 is 1. The van der Waals surface area contributed by atoms with E-state index in [-0.39, 0.29) is 24.4 Å². The predicted molar refractivity (Wildman–Crippen MR) is 94.6 cm³/mol. The largest absolute Gasteiger partial charge is 0.493 e. The Balaban J connectivity index is 2.19. The van der Waals surface area contributed by atoms with Crippen LogP contribution in [0, 0.1) is 5.82 Å². The van der Waals surface area contributed by atoms with E-state index in [1.54, 1.807) is 36.2 Å². The fraction of sp³-hybridized carbons (Fsp3) is 0.263. The minimum atomic E-state index is -0.611. The van der Waals surface area contributed by atoms with Crippen molar-refractivity contribution >= 4 is 11.8 Å². The maximum Gasteiger partial charge on any atom is 0.255 e. The molecule has 26 heavy (non-hydrogen) atoms. The molecule has 0 aliphatic carbocycles. The molecule has 0 saturated carbocycles. The number of hydrogen-bond acceptors (Lipinski definition) is 4. The summed E-state index contributed by atoms with van der Waals surface area (Å²) >= 11 is 0. The topological polar surface area (TPSA) is 81.9 Å². The maximum absolute atomic E-state index is 13.1. The van der Waals surface area contributed by atoms with Crippen molar-refractivity contribution in [1.29, 1.82) is 0 Å². The van der Waals surface area contributed by atoms with E-state index in [4.69, 9.17) is 15.2 Å². The Kier molecular flexibility index (Phi) is 6.16. The quantitative estimate of drug-likeness (QED) is 0.823. The molecule has 2 N–H and O–H groups in total. The van der Waals surface area contributed by atoms with Crippen molar-refractivity contribution in [3.63, 3.8) is 0 Å². The molecule has 0 radical (unpaired) electrons. The van der Waals surface area contributed by atoms with Crippen LogP contribution in [0.15, 0.2) is 42.5 Å². The summed E-state index contributed by atoms with van der Waals surface area (Å²) < 4.78 is 23.5. The Labute approximate surface area is 151 Å². The molecular formula is C19H21FN2O4. The number of benzene rings is 2. The average molecular weight is 360 g/mol. The van der Waals surface area contributed by atoms with Gasteiger partial charge in [-0.2, -0.15) is 0 Å². The normalized spacial score (nSPS) is 11.5. The first-order chi connectivity index (χ1) is 12.3. The number of ether oxygens (including phenoxy) is 2. The Morgan fingerprint density at radius 2 is 1.81 bits per heavy atom. The monoisotopic (exact) mass is 360 g/mol. The Hall–Kier alpha value is -3.09. The van der Waals surface area contributed by atoms with Crippen LogP contribution in [0.5, 0.6) is 11.5 Å². The summed E-state index contributed by atoms with van der Waals surface area (Å²) in [5, 5.41) is 0. The smallest absolute Gasteiger partial charge is 0.255 e. The molecule has 7 heteroatoms. The highest BCUT2D eigenvalue weighted by atomic mass is 19.1. The van der Waals surface area contributed by atoms with E-state index in [2.05, 4.69) is 0 Å². The van der Waals surface area contributed by atoms with Crippen molar-refractivity contribution in [2.45, 2.75) is 13.0 Å². The van der Waals surface area contributed by atoms with Gasteiger partial charge < -0.3 is 20.1 Å². The van der Waals surface area contributed by atoms with Crippen LogP contribution in [0.25, 0.3) is 0 Å². The van der Waals surface area contributed by atoms with Crippen LogP contribution in [-0.4, -0.2) is 37.5 Å². The number of nitrogens with two attached hydrogens (primary N) is 1. The molecule has 0 saturated heterocycles. The van der Waals surface area contributed by atoms with Crippen LogP contribution in [-0.2, 0) is 4.79 Å². The second kappa shape index (κ2) is 8.33. The van der Waals surface area contributed by atoms with E-state index < -0.39 is 5.91 Å². The first kappa shape index (κ1) is 19.2. The number of carbonyl (C=O) groups excluding carboxylic acids is 2. The third-order valence-electron chi connectivity index (χ3n) is 4.03. The molecule has 6 nitrogen and oxygen atoms in total. The highest BCUT2D eigenvalue weighted by Gasteiger charge is 2.20. The zero-order valence-corrected chi connectivity index (χ0v) is 14.9. The van der Waals surface area contributed by atoms with Crippen molar-refractivity contribution < 1.29 is 23.5 Å². The zero-order chi connectivity index (χ0) is 19.3. The second-order valence-corrected chi connectivity index (χ2v) is 5.76. The summed E-state index contributed by atoms with van der Waals surface area (Å²) in [6.07, 6.45) is 0. The van der Waals surface area contributed by atoms with Gasteiger partial charge in [-0.05, 0) is 42.8 Å². The Morgan fingerprint density at radius 1 is 1.15 bits per heavy atom. The molecule has 0 aliphatic heterocycles. The SMILES string of the molecule is COc1cc(C(=O)N(C)C(C)c2ccc(F)cc2)ccc1OCC(N)=O. The lowest BCUT2D eigenvalue weighted by atomic mass is 10.1. The first-order valence-electron chi connectivity index (χ1n) is 7.95. The second-order valence-electron chi connectivity index (χ2n) is 5.76. The number of hydrogen-bond donors (Lipinski definition) is 1. The highest BCUT2D eigenvalue weighted by molar-refractivity contribution is 5.95. The minimum Gasteiger partial charge on any atom is -0.493 e. The molecule has 0 fully saturated rings. The van der Waals surface area contributed by atoms with Gasteiger partial charge in [-0.3, -0.25) is 9.59 Å². The lowest BCUT2D eigenvalue weighted by Crippen LogP contribution is -2.29. The van der Waals surface area contributed by atoms with Crippen LogP contribution >= 0.6 is 0 Å². The van der Waals surface area contributed by atoms with E-state index in [1.807, 2.05) is 6.92 Å². The van der Waals surface area contributed by atoms with E-state index >= 15 is 0 Å². The molecule has 138 valence electrons. The molecule has 1 atom stereocenters. The van der Waals surface area contributed by atoms with Gasteiger partial charge >= 0.3 is 0 Å². The summed E-state index contributed by atoms with van der Waals surface area (Å²) in [6.45, 7) is 1.57. The van der Waals surface area contributed by atoms with Gasteiger partial charge in [0, 0.05) is 12.6 Å². The van der Waals surface area contributed by atoms with Crippen LogP contribution < -0.4 is 15.2 Å². The standard InChI is InChI=1S/C19H21FN2O4/c1-12(13-4-7-15(20)8-5-13)22(2)19(24)14-6-9-16(17(10-14)25-3)26-11-18(21)23/h4-10,12H,11H2,1-3H3,(H2,21,23). The lowest BCUT2D eigenvalue weighted by Gasteiger charge is -2.25. The van der Waals surface area contributed by atoms with E-state index in [1.165, 1.54) is 25.3 Å². The molecule has 1 unspecified atom stereocenters. The lowest BCUT2D eigenvalue weighted by molar-refractivity contribution is -0.119. The molecule has 2 aromatic carbocycles. The number of amides is 2.